The Morgan fingerprint density at radius 2 is 1.26 bits per heavy atom. The summed E-state index contributed by atoms with van der Waals surface area (Å²) in [5, 5.41) is 3.28. The van der Waals surface area contributed by atoms with E-state index in [2.05, 4.69) is 10.0 Å². The summed E-state index contributed by atoms with van der Waals surface area (Å²) in [6, 6.07) is 32.8. The maximum absolute atomic E-state index is 13.2. The Labute approximate surface area is 246 Å². The highest BCUT2D eigenvalue weighted by atomic mass is 32.2. The molecular weight excluding hydrogens is 574 g/mol. The Kier molecular flexibility index (Phi) is 7.78. The molecule has 3 aliphatic rings. The molecule has 1 atom stereocenters. The molecule has 42 heavy (non-hydrogen) atoms. The fourth-order valence-electron chi connectivity index (χ4n) is 5.22. The van der Waals surface area contributed by atoms with E-state index in [1.54, 1.807) is 30.3 Å². The molecule has 0 radical (unpaired) electrons. The van der Waals surface area contributed by atoms with E-state index in [9.17, 15) is 16.8 Å². The van der Waals surface area contributed by atoms with Crippen molar-refractivity contribution in [3.05, 3.63) is 109 Å². The molecule has 2 N–H and O–H groups in total. The van der Waals surface area contributed by atoms with Crippen LogP contribution < -0.4 is 23.0 Å². The molecule has 1 saturated heterocycles. The van der Waals surface area contributed by atoms with Crippen molar-refractivity contribution in [3.8, 4) is 0 Å². The van der Waals surface area contributed by atoms with Crippen LogP contribution in [0.1, 0.15) is 6.42 Å². The lowest BCUT2D eigenvalue weighted by Crippen LogP contribution is -2.42. The normalized spacial score (nSPS) is 19.7. The second-order valence-corrected chi connectivity index (χ2v) is 13.1. The summed E-state index contributed by atoms with van der Waals surface area (Å²) in [5.74, 6) is 0. The molecule has 4 aromatic rings. The lowest BCUT2D eigenvalue weighted by atomic mass is 10.2. The Bertz CT molecular complexity index is 1750. The summed E-state index contributed by atoms with van der Waals surface area (Å²) in [4.78, 5) is 0. The van der Waals surface area contributed by atoms with Crippen LogP contribution in [-0.2, 0) is 25.2 Å². The SMILES string of the molecule is O=S1(=O)N(CCC2CNCCO2)c2ccccc2N1c1ccccc1.O=S1(=O)Nc2ccccc2N1c1ccccc1. The van der Waals surface area contributed by atoms with E-state index >= 15 is 0 Å². The van der Waals surface area contributed by atoms with Crippen molar-refractivity contribution in [3.63, 3.8) is 0 Å². The Morgan fingerprint density at radius 1 is 0.690 bits per heavy atom. The van der Waals surface area contributed by atoms with Crippen LogP contribution in [0.25, 0.3) is 0 Å². The monoisotopic (exact) mass is 605 g/mol. The summed E-state index contributed by atoms with van der Waals surface area (Å²) < 4.78 is 63.0. The van der Waals surface area contributed by atoms with Gasteiger partial charge in [0, 0.05) is 19.6 Å². The van der Waals surface area contributed by atoms with Crippen LogP contribution in [0.3, 0.4) is 0 Å². The largest absolute Gasteiger partial charge is 0.376 e. The van der Waals surface area contributed by atoms with Gasteiger partial charge < -0.3 is 10.1 Å². The number of rotatable bonds is 5. The second kappa shape index (κ2) is 11.6. The van der Waals surface area contributed by atoms with E-state index < -0.39 is 20.4 Å². The number of ether oxygens (including phenoxy) is 1. The van der Waals surface area contributed by atoms with E-state index in [1.807, 2.05) is 78.9 Å². The zero-order chi connectivity index (χ0) is 29.2. The number of benzene rings is 4. The van der Waals surface area contributed by atoms with Crippen molar-refractivity contribution >= 4 is 54.5 Å². The van der Waals surface area contributed by atoms with Crippen molar-refractivity contribution < 1.29 is 21.6 Å². The highest BCUT2D eigenvalue weighted by Crippen LogP contribution is 2.45. The van der Waals surface area contributed by atoms with E-state index in [0.29, 0.717) is 48.0 Å². The summed E-state index contributed by atoms with van der Waals surface area (Å²) in [7, 11) is -7.17. The van der Waals surface area contributed by atoms with Gasteiger partial charge in [0.15, 0.2) is 0 Å². The number of nitrogens with zero attached hydrogens (tertiary/aromatic N) is 3. The highest BCUT2D eigenvalue weighted by molar-refractivity contribution is 7.95. The van der Waals surface area contributed by atoms with Gasteiger partial charge in [0.1, 0.15) is 0 Å². The molecule has 0 spiro atoms. The van der Waals surface area contributed by atoms with Crippen molar-refractivity contribution in [1.29, 1.82) is 0 Å². The van der Waals surface area contributed by atoms with Gasteiger partial charge in [-0.05, 0) is 55.0 Å². The molecule has 3 aliphatic heterocycles. The molecule has 0 bridgehead atoms. The average molecular weight is 606 g/mol. The van der Waals surface area contributed by atoms with Gasteiger partial charge in [-0.15, -0.1) is 0 Å². The van der Waals surface area contributed by atoms with Gasteiger partial charge in [0.25, 0.3) is 0 Å². The molecule has 0 aromatic heterocycles. The summed E-state index contributed by atoms with van der Waals surface area (Å²) in [6.45, 7) is 2.68. The average Bonchev–Trinajstić information content (AvgIpc) is 3.42. The number of anilines is 6. The van der Waals surface area contributed by atoms with Crippen LogP contribution in [0.15, 0.2) is 109 Å². The fraction of sp³-hybridized carbons (Fsp3) is 0.200. The van der Waals surface area contributed by atoms with Gasteiger partial charge in [-0.3, -0.25) is 9.03 Å². The van der Waals surface area contributed by atoms with E-state index in [4.69, 9.17) is 4.74 Å². The highest BCUT2D eigenvalue weighted by Gasteiger charge is 2.41. The third-order valence-corrected chi connectivity index (χ3v) is 10.3. The van der Waals surface area contributed by atoms with E-state index in [1.165, 1.54) is 12.9 Å². The number of morpholine rings is 1. The van der Waals surface area contributed by atoms with Gasteiger partial charge in [-0.1, -0.05) is 60.7 Å². The van der Waals surface area contributed by atoms with Gasteiger partial charge in [-0.2, -0.15) is 16.8 Å². The smallest absolute Gasteiger partial charge is 0.330 e. The predicted molar refractivity (Wildman–Crippen MR) is 166 cm³/mol. The molecule has 0 saturated carbocycles. The van der Waals surface area contributed by atoms with Gasteiger partial charge >= 0.3 is 20.4 Å². The molecule has 7 rings (SSSR count). The van der Waals surface area contributed by atoms with Gasteiger partial charge in [-0.25, -0.2) is 8.61 Å². The van der Waals surface area contributed by atoms with Crippen LogP contribution in [0, 0.1) is 0 Å². The zero-order valence-corrected chi connectivity index (χ0v) is 24.3. The Balaban J connectivity index is 0.000000162. The van der Waals surface area contributed by atoms with Gasteiger partial charge in [0.2, 0.25) is 0 Å². The first kappa shape index (κ1) is 28.0. The van der Waals surface area contributed by atoms with Crippen molar-refractivity contribution in [1.82, 2.24) is 5.32 Å². The quantitative estimate of drug-likeness (QED) is 0.339. The molecule has 10 nitrogen and oxygen atoms in total. The Hall–Kier alpha value is -4.10. The number of hydrogen-bond acceptors (Lipinski definition) is 6. The van der Waals surface area contributed by atoms with Crippen LogP contribution in [-0.4, -0.2) is 49.2 Å². The summed E-state index contributed by atoms with van der Waals surface area (Å²) in [5.41, 5.74) is 3.94. The van der Waals surface area contributed by atoms with E-state index in [-0.39, 0.29) is 6.10 Å². The number of fused-ring (bicyclic) bond motifs is 2. The topological polar surface area (TPSA) is 111 Å². The Morgan fingerprint density at radius 3 is 1.90 bits per heavy atom. The first-order valence-electron chi connectivity index (χ1n) is 13.6. The van der Waals surface area contributed by atoms with E-state index in [0.717, 1.165) is 18.8 Å². The van der Waals surface area contributed by atoms with Crippen LogP contribution in [0.4, 0.5) is 34.1 Å². The lowest BCUT2D eigenvalue weighted by molar-refractivity contribution is 0.0254. The minimum atomic E-state index is -3.65. The van der Waals surface area contributed by atoms with Crippen LogP contribution in [0.2, 0.25) is 0 Å². The second-order valence-electron chi connectivity index (χ2n) is 9.88. The maximum atomic E-state index is 13.2. The zero-order valence-electron chi connectivity index (χ0n) is 22.7. The third-order valence-electron chi connectivity index (χ3n) is 7.12. The molecule has 12 heteroatoms. The standard InChI is InChI=1S/C18H21N3O3S.C12H10N2O2S/c22-25(23)20(12-10-16-14-19-11-13-24-16)17-8-4-5-9-18(17)21(25)15-6-2-1-3-7-15;15-17(16)13-11-8-4-5-9-12(11)14(17)10-6-2-1-3-7-10/h1-9,16,19H,10-14H2;1-9,13H. The maximum Gasteiger partial charge on any atom is 0.330 e. The number of hydrogen-bond donors (Lipinski definition) is 2. The minimum absolute atomic E-state index is 0.0434. The number of nitrogens with one attached hydrogen (secondary N) is 2. The number of para-hydroxylation sites is 6. The molecular formula is C30H31N5O5S2. The summed E-state index contributed by atoms with van der Waals surface area (Å²) in [6.07, 6.45) is 0.699. The van der Waals surface area contributed by atoms with Crippen molar-refractivity contribution in [2.75, 3.05) is 43.9 Å². The van der Waals surface area contributed by atoms with Crippen molar-refractivity contribution in [2.24, 2.45) is 0 Å². The summed E-state index contributed by atoms with van der Waals surface area (Å²) >= 11 is 0. The molecule has 4 aromatic carbocycles. The first-order chi connectivity index (χ1) is 20.4. The molecule has 3 heterocycles. The fourth-order valence-corrected chi connectivity index (χ4v) is 8.31. The van der Waals surface area contributed by atoms with Crippen molar-refractivity contribution in [2.45, 2.75) is 12.5 Å². The van der Waals surface area contributed by atoms with Gasteiger partial charge in [0.05, 0.1) is 46.8 Å². The molecule has 218 valence electrons. The molecule has 1 unspecified atom stereocenters. The predicted octanol–water partition coefficient (Wildman–Crippen LogP) is 4.76. The molecule has 0 amide bonds. The third kappa shape index (κ3) is 5.41. The lowest BCUT2D eigenvalue weighted by Gasteiger charge is -2.26. The van der Waals surface area contributed by atoms with Crippen LogP contribution >= 0.6 is 0 Å². The first-order valence-corrected chi connectivity index (χ1v) is 16.5. The van der Waals surface area contributed by atoms with Crippen LogP contribution in [0.5, 0.6) is 0 Å². The molecule has 1 fully saturated rings. The minimum Gasteiger partial charge on any atom is -0.376 e. The molecule has 0 aliphatic carbocycles.